The Hall–Kier alpha value is -0.640. The summed E-state index contributed by atoms with van der Waals surface area (Å²) >= 11 is 0. The summed E-state index contributed by atoms with van der Waals surface area (Å²) in [6, 6.07) is 4.52. The first-order valence-electron chi connectivity index (χ1n) is 5.64. The van der Waals surface area contributed by atoms with Gasteiger partial charge in [-0.3, -0.25) is 9.88 Å². The van der Waals surface area contributed by atoms with Crippen molar-refractivity contribution in [3.8, 4) is 0 Å². The van der Waals surface area contributed by atoms with E-state index in [1.165, 1.54) is 24.9 Å². The van der Waals surface area contributed by atoms with Gasteiger partial charge in [0, 0.05) is 31.0 Å². The largest absolute Gasteiger partial charge is 0.327 e. The van der Waals surface area contributed by atoms with Crippen LogP contribution in [0.4, 0.5) is 0 Å². The molecule has 1 fully saturated rings. The highest BCUT2D eigenvalue weighted by atomic mass is 35.5. The molecule has 90 valence electrons. The molecular formula is C12H20ClN3. The van der Waals surface area contributed by atoms with Gasteiger partial charge < -0.3 is 5.73 Å². The molecule has 0 aromatic carbocycles. The number of hydrogen-bond acceptors (Lipinski definition) is 3. The van der Waals surface area contributed by atoms with Crippen molar-refractivity contribution in [2.75, 3.05) is 13.1 Å². The summed E-state index contributed by atoms with van der Waals surface area (Å²) in [5, 5.41) is 0. The fourth-order valence-electron chi connectivity index (χ4n) is 2.16. The normalized spacial score (nSPS) is 21.5. The third-order valence-corrected chi connectivity index (χ3v) is 3.05. The van der Waals surface area contributed by atoms with Crippen molar-refractivity contribution in [2.24, 2.45) is 5.73 Å². The van der Waals surface area contributed by atoms with Crippen LogP contribution in [0.2, 0.25) is 0 Å². The molecule has 1 aliphatic rings. The first-order valence-corrected chi connectivity index (χ1v) is 5.64. The lowest BCUT2D eigenvalue weighted by Crippen LogP contribution is -2.42. The van der Waals surface area contributed by atoms with E-state index in [0.717, 1.165) is 18.8 Å². The molecule has 0 spiro atoms. The van der Waals surface area contributed by atoms with Gasteiger partial charge >= 0.3 is 0 Å². The van der Waals surface area contributed by atoms with Gasteiger partial charge in [0.2, 0.25) is 0 Å². The van der Waals surface area contributed by atoms with Gasteiger partial charge in [-0.15, -0.1) is 12.4 Å². The number of piperidine rings is 1. The van der Waals surface area contributed by atoms with Crippen LogP contribution in [0.1, 0.15) is 24.1 Å². The molecule has 2 rings (SSSR count). The number of rotatable bonds is 2. The molecular weight excluding hydrogens is 222 g/mol. The van der Waals surface area contributed by atoms with Crippen LogP contribution in [-0.4, -0.2) is 29.0 Å². The van der Waals surface area contributed by atoms with Crippen molar-refractivity contribution in [1.29, 1.82) is 0 Å². The van der Waals surface area contributed by atoms with Crippen molar-refractivity contribution in [3.05, 3.63) is 29.6 Å². The molecule has 4 heteroatoms. The summed E-state index contributed by atoms with van der Waals surface area (Å²) in [5.41, 5.74) is 8.42. The first kappa shape index (κ1) is 13.4. The maximum Gasteiger partial charge on any atom is 0.0417 e. The van der Waals surface area contributed by atoms with Crippen LogP contribution in [0.3, 0.4) is 0 Å². The summed E-state index contributed by atoms with van der Waals surface area (Å²) < 4.78 is 0. The highest BCUT2D eigenvalue weighted by molar-refractivity contribution is 5.85. The van der Waals surface area contributed by atoms with Crippen LogP contribution < -0.4 is 5.73 Å². The minimum atomic E-state index is 0. The second kappa shape index (κ2) is 6.18. The third-order valence-electron chi connectivity index (χ3n) is 3.05. The number of nitrogens with zero attached hydrogens (tertiary/aromatic N) is 2. The maximum absolute atomic E-state index is 5.96. The molecule has 1 unspecified atom stereocenters. The van der Waals surface area contributed by atoms with E-state index in [4.69, 9.17) is 5.73 Å². The summed E-state index contributed by atoms with van der Waals surface area (Å²) in [6.45, 7) is 5.25. The molecule has 0 aliphatic carbocycles. The Kier molecular flexibility index (Phi) is 5.19. The minimum absolute atomic E-state index is 0. The zero-order valence-corrected chi connectivity index (χ0v) is 10.5. The topological polar surface area (TPSA) is 42.2 Å². The molecule has 0 bridgehead atoms. The average molecular weight is 242 g/mol. The van der Waals surface area contributed by atoms with E-state index in [1.54, 1.807) is 0 Å². The van der Waals surface area contributed by atoms with Crippen molar-refractivity contribution in [3.63, 3.8) is 0 Å². The Morgan fingerprint density at radius 3 is 3.06 bits per heavy atom. The molecule has 0 saturated carbocycles. The SMILES string of the molecule is Cc1ncccc1CN1CCCC(N)C1.Cl. The van der Waals surface area contributed by atoms with Crippen molar-refractivity contribution in [1.82, 2.24) is 9.88 Å². The van der Waals surface area contributed by atoms with Crippen LogP contribution in [0, 0.1) is 6.92 Å². The van der Waals surface area contributed by atoms with E-state index in [2.05, 4.69) is 22.9 Å². The number of nitrogens with two attached hydrogens (primary N) is 1. The van der Waals surface area contributed by atoms with E-state index < -0.39 is 0 Å². The van der Waals surface area contributed by atoms with Crippen molar-refractivity contribution in [2.45, 2.75) is 32.4 Å². The van der Waals surface area contributed by atoms with Gasteiger partial charge in [-0.05, 0) is 37.9 Å². The molecule has 3 nitrogen and oxygen atoms in total. The lowest BCUT2D eigenvalue weighted by Gasteiger charge is -2.30. The van der Waals surface area contributed by atoms with Crippen molar-refractivity contribution >= 4 is 12.4 Å². The fourth-order valence-corrected chi connectivity index (χ4v) is 2.16. The number of hydrogen-bond donors (Lipinski definition) is 1. The Bertz CT molecular complexity index is 330. The Morgan fingerprint density at radius 2 is 2.38 bits per heavy atom. The molecule has 0 amide bonds. The lowest BCUT2D eigenvalue weighted by molar-refractivity contribution is 0.201. The van der Waals surface area contributed by atoms with Crippen LogP contribution >= 0.6 is 12.4 Å². The second-order valence-electron chi connectivity index (χ2n) is 4.39. The number of halogens is 1. The van der Waals surface area contributed by atoms with E-state index >= 15 is 0 Å². The summed E-state index contributed by atoms with van der Waals surface area (Å²) in [7, 11) is 0. The smallest absolute Gasteiger partial charge is 0.0417 e. The van der Waals surface area contributed by atoms with E-state index in [1.807, 2.05) is 12.3 Å². The van der Waals surface area contributed by atoms with E-state index in [0.29, 0.717) is 6.04 Å². The molecule has 0 radical (unpaired) electrons. The average Bonchev–Trinajstić information content (AvgIpc) is 2.22. The number of likely N-dealkylation sites (tertiary alicyclic amines) is 1. The fraction of sp³-hybridized carbons (Fsp3) is 0.583. The monoisotopic (exact) mass is 241 g/mol. The zero-order chi connectivity index (χ0) is 10.7. The predicted octanol–water partition coefficient (Wildman–Crippen LogP) is 1.73. The highest BCUT2D eigenvalue weighted by Crippen LogP contribution is 2.13. The lowest BCUT2D eigenvalue weighted by atomic mass is 10.1. The van der Waals surface area contributed by atoms with E-state index in [9.17, 15) is 0 Å². The molecule has 1 aliphatic heterocycles. The Morgan fingerprint density at radius 1 is 1.56 bits per heavy atom. The predicted molar refractivity (Wildman–Crippen MR) is 68.7 cm³/mol. The summed E-state index contributed by atoms with van der Waals surface area (Å²) in [4.78, 5) is 6.73. The molecule has 2 heterocycles. The van der Waals surface area contributed by atoms with Crippen LogP contribution in [0.15, 0.2) is 18.3 Å². The van der Waals surface area contributed by atoms with Gasteiger partial charge in [0.1, 0.15) is 0 Å². The molecule has 2 N–H and O–H groups in total. The molecule has 1 aromatic rings. The van der Waals surface area contributed by atoms with Crippen molar-refractivity contribution < 1.29 is 0 Å². The second-order valence-corrected chi connectivity index (χ2v) is 4.39. The third kappa shape index (κ3) is 3.44. The van der Waals surface area contributed by atoms with Gasteiger partial charge in [-0.25, -0.2) is 0 Å². The van der Waals surface area contributed by atoms with Gasteiger partial charge in [0.05, 0.1) is 0 Å². The molecule has 1 atom stereocenters. The highest BCUT2D eigenvalue weighted by Gasteiger charge is 2.16. The Balaban J connectivity index is 0.00000128. The summed E-state index contributed by atoms with van der Waals surface area (Å²) in [6.07, 6.45) is 4.24. The quantitative estimate of drug-likeness (QED) is 0.858. The molecule has 1 aromatic heterocycles. The first-order chi connectivity index (χ1) is 7.25. The number of aromatic nitrogens is 1. The van der Waals surface area contributed by atoms with Crippen LogP contribution in [0.25, 0.3) is 0 Å². The van der Waals surface area contributed by atoms with Crippen LogP contribution in [0.5, 0.6) is 0 Å². The molecule has 1 saturated heterocycles. The van der Waals surface area contributed by atoms with Crippen LogP contribution in [-0.2, 0) is 6.54 Å². The number of pyridine rings is 1. The number of aryl methyl sites for hydroxylation is 1. The Labute approximate surface area is 103 Å². The van der Waals surface area contributed by atoms with Gasteiger partial charge in [0.25, 0.3) is 0 Å². The summed E-state index contributed by atoms with van der Waals surface area (Å²) in [5.74, 6) is 0. The van der Waals surface area contributed by atoms with Gasteiger partial charge in [-0.2, -0.15) is 0 Å². The van der Waals surface area contributed by atoms with Gasteiger partial charge in [0.15, 0.2) is 0 Å². The van der Waals surface area contributed by atoms with E-state index in [-0.39, 0.29) is 12.4 Å². The van der Waals surface area contributed by atoms with Gasteiger partial charge in [-0.1, -0.05) is 6.07 Å². The molecule has 16 heavy (non-hydrogen) atoms. The zero-order valence-electron chi connectivity index (χ0n) is 9.72. The maximum atomic E-state index is 5.96. The minimum Gasteiger partial charge on any atom is -0.327 e. The standard InChI is InChI=1S/C12H19N3.ClH/c1-10-11(4-2-6-14-10)8-15-7-3-5-12(13)9-15;/h2,4,6,12H,3,5,7-9,13H2,1H3;1H.